The molecule has 242 valence electrons. The first-order valence-electron chi connectivity index (χ1n) is 15.0. The van der Waals surface area contributed by atoms with Gasteiger partial charge in [0.2, 0.25) is 5.75 Å². The number of ether oxygens (including phenoxy) is 5. The first kappa shape index (κ1) is 31.3. The molecule has 12 heteroatoms. The van der Waals surface area contributed by atoms with Crippen LogP contribution in [0.15, 0.2) is 77.9 Å². The van der Waals surface area contributed by atoms with Crippen molar-refractivity contribution in [3.8, 4) is 40.2 Å². The van der Waals surface area contributed by atoms with Crippen molar-refractivity contribution in [2.45, 2.75) is 20.8 Å². The van der Waals surface area contributed by atoms with Gasteiger partial charge in [-0.1, -0.05) is 13.8 Å². The Balaban J connectivity index is 1.28. The first-order valence-corrected chi connectivity index (χ1v) is 15.0. The molecule has 0 saturated heterocycles. The highest BCUT2D eigenvalue weighted by atomic mass is 19.1. The van der Waals surface area contributed by atoms with Crippen LogP contribution in [0.4, 0.5) is 14.5 Å². The van der Waals surface area contributed by atoms with Crippen molar-refractivity contribution in [1.29, 1.82) is 0 Å². The maximum absolute atomic E-state index is 15.5. The summed E-state index contributed by atoms with van der Waals surface area (Å²) in [5, 5.41) is 3.05. The summed E-state index contributed by atoms with van der Waals surface area (Å²) in [7, 11) is 0. The molecule has 2 aromatic heterocycles. The van der Waals surface area contributed by atoms with E-state index < -0.39 is 23.1 Å². The molecule has 0 fully saturated rings. The number of nitrogens with zero attached hydrogens (tertiary/aromatic N) is 2. The number of anilines is 1. The van der Waals surface area contributed by atoms with Crippen LogP contribution in [0.1, 0.15) is 31.1 Å². The van der Waals surface area contributed by atoms with Crippen molar-refractivity contribution >= 4 is 22.5 Å². The molecule has 47 heavy (non-hydrogen) atoms. The third-order valence-corrected chi connectivity index (χ3v) is 7.11. The quantitative estimate of drug-likeness (QED) is 0.175. The Kier molecular flexibility index (Phi) is 8.92. The van der Waals surface area contributed by atoms with Crippen LogP contribution in [0, 0.1) is 17.6 Å². The summed E-state index contributed by atoms with van der Waals surface area (Å²) < 4.78 is 59.5. The zero-order chi connectivity index (χ0) is 33.1. The van der Waals surface area contributed by atoms with Crippen LogP contribution >= 0.6 is 0 Å². The van der Waals surface area contributed by atoms with Crippen molar-refractivity contribution in [3.05, 3.63) is 101 Å². The molecule has 0 radical (unpaired) electrons. The molecule has 1 aliphatic rings. The lowest BCUT2D eigenvalue weighted by molar-refractivity contribution is 0.102. The summed E-state index contributed by atoms with van der Waals surface area (Å²) in [6, 6.07) is 13.9. The van der Waals surface area contributed by atoms with Crippen LogP contribution in [0.2, 0.25) is 0 Å². The van der Waals surface area contributed by atoms with E-state index in [1.165, 1.54) is 59.4 Å². The molecule has 1 amide bonds. The van der Waals surface area contributed by atoms with Gasteiger partial charge in [0, 0.05) is 35.9 Å². The highest BCUT2D eigenvalue weighted by molar-refractivity contribution is 6.06. The molecule has 3 aromatic carbocycles. The molecule has 6 rings (SSSR count). The fourth-order valence-corrected chi connectivity index (χ4v) is 5.01. The van der Waals surface area contributed by atoms with Crippen molar-refractivity contribution in [2.75, 3.05) is 31.7 Å². The van der Waals surface area contributed by atoms with Gasteiger partial charge in [-0.25, -0.2) is 8.78 Å². The summed E-state index contributed by atoms with van der Waals surface area (Å²) >= 11 is 0. The Labute approximate surface area is 268 Å². The van der Waals surface area contributed by atoms with Crippen LogP contribution in [-0.2, 0) is 0 Å². The number of carbonyl (C=O) groups excluding carboxylic acids is 1. The molecule has 0 bridgehead atoms. The largest absolute Gasteiger partial charge is 0.493 e. The van der Waals surface area contributed by atoms with Crippen LogP contribution in [0.5, 0.6) is 34.5 Å². The minimum atomic E-state index is -0.817. The van der Waals surface area contributed by atoms with Crippen molar-refractivity contribution in [2.24, 2.45) is 5.92 Å². The molecule has 1 aliphatic heterocycles. The summed E-state index contributed by atoms with van der Waals surface area (Å²) in [5.41, 5.74) is -0.0699. The summed E-state index contributed by atoms with van der Waals surface area (Å²) in [4.78, 5) is 31.2. The highest BCUT2D eigenvalue weighted by Crippen LogP contribution is 2.48. The smallest absolute Gasteiger partial charge is 0.271 e. The number of rotatable bonds is 10. The molecule has 0 spiro atoms. The topological polar surface area (TPSA) is 110 Å². The minimum absolute atomic E-state index is 0.0469. The summed E-state index contributed by atoms with van der Waals surface area (Å²) in [5.74, 6) is -0.295. The fourth-order valence-electron chi connectivity index (χ4n) is 5.01. The number of aromatic nitrogens is 2. The van der Waals surface area contributed by atoms with Crippen LogP contribution in [0.25, 0.3) is 16.6 Å². The number of benzene rings is 3. The molecule has 3 heterocycles. The fraction of sp³-hybridized carbons (Fsp3) is 0.229. The van der Waals surface area contributed by atoms with Crippen LogP contribution in [0.3, 0.4) is 0 Å². The van der Waals surface area contributed by atoms with Gasteiger partial charge >= 0.3 is 0 Å². The maximum atomic E-state index is 15.5. The van der Waals surface area contributed by atoms with Gasteiger partial charge in [0.15, 0.2) is 23.1 Å². The van der Waals surface area contributed by atoms with E-state index in [0.717, 1.165) is 6.07 Å². The Morgan fingerprint density at radius 2 is 1.70 bits per heavy atom. The minimum Gasteiger partial charge on any atom is -0.493 e. The Hall–Kier alpha value is -5.65. The number of carbonyl (C=O) groups is 1. The van der Waals surface area contributed by atoms with Crippen molar-refractivity contribution in [1.82, 2.24) is 9.55 Å². The van der Waals surface area contributed by atoms with Crippen LogP contribution < -0.4 is 34.6 Å². The van der Waals surface area contributed by atoms with E-state index in [1.54, 1.807) is 19.1 Å². The van der Waals surface area contributed by atoms with E-state index in [9.17, 15) is 14.0 Å². The molecular formula is C35H31F2N3O7. The second-order valence-electron chi connectivity index (χ2n) is 11.0. The van der Waals surface area contributed by atoms with E-state index in [4.69, 9.17) is 23.7 Å². The van der Waals surface area contributed by atoms with Gasteiger partial charge in [0.05, 0.1) is 24.1 Å². The number of pyridine rings is 2. The van der Waals surface area contributed by atoms with Gasteiger partial charge in [0.1, 0.15) is 36.1 Å². The SMILES string of the molecule is CCOc1ccn(-c2ccc(F)cc2)c(=O)c1C(=O)Nc1ccc(Oc2ccnc3cc(OCC(C)C)c4c(c23)OCCO4)c(F)c1. The zero-order valence-corrected chi connectivity index (χ0v) is 25.8. The Bertz CT molecular complexity index is 2010. The predicted molar refractivity (Wildman–Crippen MR) is 171 cm³/mol. The average molecular weight is 644 g/mol. The number of nitrogens with one attached hydrogen (secondary N) is 1. The lowest BCUT2D eigenvalue weighted by atomic mass is 10.1. The van der Waals surface area contributed by atoms with Gasteiger partial charge < -0.3 is 29.0 Å². The zero-order valence-electron chi connectivity index (χ0n) is 25.8. The molecule has 10 nitrogen and oxygen atoms in total. The molecule has 0 unspecified atom stereocenters. The predicted octanol–water partition coefficient (Wildman–Crippen LogP) is 6.91. The van der Waals surface area contributed by atoms with E-state index in [2.05, 4.69) is 10.3 Å². The lowest BCUT2D eigenvalue weighted by Gasteiger charge is -2.24. The van der Waals surface area contributed by atoms with Gasteiger partial charge in [0.25, 0.3) is 11.5 Å². The lowest BCUT2D eigenvalue weighted by Crippen LogP contribution is -2.29. The van der Waals surface area contributed by atoms with Crippen molar-refractivity contribution < 1.29 is 37.3 Å². The second kappa shape index (κ2) is 13.4. The van der Waals surface area contributed by atoms with E-state index in [-0.39, 0.29) is 41.0 Å². The molecule has 0 atom stereocenters. The normalized spacial score (nSPS) is 12.2. The molecule has 0 aliphatic carbocycles. The van der Waals surface area contributed by atoms with Gasteiger partial charge in [-0.3, -0.25) is 19.1 Å². The van der Waals surface area contributed by atoms with Crippen LogP contribution in [-0.4, -0.2) is 41.9 Å². The number of hydrogen-bond donors (Lipinski definition) is 1. The Morgan fingerprint density at radius 1 is 0.936 bits per heavy atom. The number of amides is 1. The van der Waals surface area contributed by atoms with E-state index >= 15 is 4.39 Å². The number of hydrogen-bond acceptors (Lipinski definition) is 8. The highest BCUT2D eigenvalue weighted by Gasteiger charge is 2.26. The third kappa shape index (κ3) is 6.53. The second-order valence-corrected chi connectivity index (χ2v) is 11.0. The molecule has 1 N–H and O–H groups in total. The first-order chi connectivity index (χ1) is 22.7. The molecular weight excluding hydrogens is 612 g/mol. The third-order valence-electron chi connectivity index (χ3n) is 7.11. The molecule has 5 aromatic rings. The number of halogens is 2. The maximum Gasteiger partial charge on any atom is 0.271 e. The van der Waals surface area contributed by atoms with Gasteiger partial charge in [-0.05, 0) is 61.4 Å². The summed E-state index contributed by atoms with van der Waals surface area (Å²) in [6.07, 6.45) is 2.96. The van der Waals surface area contributed by atoms with Gasteiger partial charge in [-0.2, -0.15) is 0 Å². The number of fused-ring (bicyclic) bond motifs is 3. The van der Waals surface area contributed by atoms with Crippen molar-refractivity contribution in [3.63, 3.8) is 0 Å². The monoisotopic (exact) mass is 643 g/mol. The summed E-state index contributed by atoms with van der Waals surface area (Å²) in [6.45, 7) is 7.07. The van der Waals surface area contributed by atoms with E-state index in [1.807, 2.05) is 13.8 Å². The molecule has 0 saturated carbocycles. The standard InChI is InChI=1S/C35H31F2N3O7/c1-4-43-27-12-14-40(23-8-5-21(36)6-9-23)35(42)31(27)34(41)39-22-7-10-26(24(37)17-22)47-28-11-13-38-25-18-29(46-19-20(2)3)32-33(30(25)28)45-16-15-44-32/h5-14,17-18,20H,4,15-16,19H2,1-3H3,(H,39,41). The van der Waals surface area contributed by atoms with E-state index in [0.29, 0.717) is 53.7 Å². The average Bonchev–Trinajstić information content (AvgIpc) is 3.05. The van der Waals surface area contributed by atoms with Gasteiger partial charge in [-0.15, -0.1) is 0 Å². The Morgan fingerprint density at radius 3 is 2.43 bits per heavy atom.